The summed E-state index contributed by atoms with van der Waals surface area (Å²) in [4.78, 5) is 11.0. The highest BCUT2D eigenvalue weighted by molar-refractivity contribution is 7.99. The Labute approximate surface area is 96.0 Å². The van der Waals surface area contributed by atoms with Crippen LogP contribution in [-0.4, -0.2) is 18.2 Å². The summed E-state index contributed by atoms with van der Waals surface area (Å²) in [6.07, 6.45) is -4.49. The maximum Gasteiger partial charge on any atom is 0.399 e. The van der Waals surface area contributed by atoms with Crippen molar-refractivity contribution in [2.75, 3.05) is 5.75 Å². The van der Waals surface area contributed by atoms with Crippen LogP contribution in [-0.2, 0) is 4.79 Å². The first kappa shape index (κ1) is 13.1. The molecule has 0 aromatic heterocycles. The summed E-state index contributed by atoms with van der Waals surface area (Å²) >= 11 is 1.04. The van der Waals surface area contributed by atoms with E-state index in [0.29, 0.717) is 0 Å². The van der Waals surface area contributed by atoms with Crippen molar-refractivity contribution in [3.05, 3.63) is 29.8 Å². The Bertz CT molecular complexity index is 345. The van der Waals surface area contributed by atoms with Gasteiger partial charge in [0.25, 0.3) is 0 Å². The molecular formula is C11H11F3OS. The topological polar surface area (TPSA) is 17.1 Å². The molecule has 0 saturated heterocycles. The fourth-order valence-electron chi connectivity index (χ4n) is 1.03. The molecule has 1 aromatic rings. The lowest BCUT2D eigenvalue weighted by Gasteiger charge is -2.13. The maximum absolute atomic E-state index is 12.2. The molecule has 0 aliphatic carbocycles. The van der Waals surface area contributed by atoms with Gasteiger partial charge in [0.2, 0.25) is 0 Å². The standard InChI is InChI=1S/C11H11F3OS/c1-8-2-4-10(5-3-8)16-7-9(6-15)11(12,13)14/h2-6,9H,7H2,1H3/t9-/m0/s1. The van der Waals surface area contributed by atoms with E-state index < -0.39 is 12.1 Å². The third-order valence-corrected chi connectivity index (χ3v) is 3.17. The van der Waals surface area contributed by atoms with Crippen molar-refractivity contribution < 1.29 is 18.0 Å². The number of halogens is 3. The molecule has 1 atom stereocenters. The molecule has 0 unspecified atom stereocenters. The summed E-state index contributed by atoms with van der Waals surface area (Å²) in [5, 5.41) is 0. The Balaban J connectivity index is 2.56. The zero-order valence-electron chi connectivity index (χ0n) is 8.62. The van der Waals surface area contributed by atoms with Crippen molar-refractivity contribution in [2.24, 2.45) is 5.92 Å². The average Bonchev–Trinajstić information content (AvgIpc) is 2.19. The van der Waals surface area contributed by atoms with Gasteiger partial charge in [-0.15, -0.1) is 11.8 Å². The van der Waals surface area contributed by atoms with E-state index in [4.69, 9.17) is 0 Å². The summed E-state index contributed by atoms with van der Waals surface area (Å²) in [6.45, 7) is 1.90. The summed E-state index contributed by atoms with van der Waals surface area (Å²) in [5.41, 5.74) is 1.05. The van der Waals surface area contributed by atoms with Crippen LogP contribution in [0, 0.1) is 12.8 Å². The van der Waals surface area contributed by atoms with Gasteiger partial charge in [-0.05, 0) is 19.1 Å². The van der Waals surface area contributed by atoms with Crippen LogP contribution in [0.3, 0.4) is 0 Å². The second kappa shape index (κ2) is 5.39. The zero-order valence-corrected chi connectivity index (χ0v) is 9.44. The number of aryl methyl sites for hydroxylation is 1. The fraction of sp³-hybridized carbons (Fsp3) is 0.364. The van der Waals surface area contributed by atoms with Crippen molar-refractivity contribution in [3.8, 4) is 0 Å². The maximum atomic E-state index is 12.2. The Hall–Kier alpha value is -0.970. The monoisotopic (exact) mass is 248 g/mol. The van der Waals surface area contributed by atoms with E-state index in [1.807, 2.05) is 19.1 Å². The van der Waals surface area contributed by atoms with Crippen molar-refractivity contribution in [1.82, 2.24) is 0 Å². The number of alkyl halides is 3. The predicted molar refractivity (Wildman–Crippen MR) is 57.5 cm³/mol. The second-order valence-electron chi connectivity index (χ2n) is 3.41. The van der Waals surface area contributed by atoms with Crippen LogP contribution < -0.4 is 0 Å². The first-order valence-electron chi connectivity index (χ1n) is 4.65. The Morgan fingerprint density at radius 2 is 1.88 bits per heavy atom. The van der Waals surface area contributed by atoms with Gasteiger partial charge in [0.1, 0.15) is 12.2 Å². The highest BCUT2D eigenvalue weighted by Gasteiger charge is 2.39. The molecule has 0 radical (unpaired) electrons. The molecule has 0 fully saturated rings. The van der Waals surface area contributed by atoms with Crippen LogP contribution in [0.2, 0.25) is 0 Å². The van der Waals surface area contributed by atoms with Crippen LogP contribution in [0.5, 0.6) is 0 Å². The van der Waals surface area contributed by atoms with Crippen molar-refractivity contribution in [3.63, 3.8) is 0 Å². The van der Waals surface area contributed by atoms with Crippen LogP contribution in [0.15, 0.2) is 29.2 Å². The van der Waals surface area contributed by atoms with Crippen LogP contribution in [0.1, 0.15) is 5.56 Å². The normalized spacial score (nSPS) is 13.5. The lowest BCUT2D eigenvalue weighted by molar-refractivity contribution is -0.169. The minimum absolute atomic E-state index is 0.0405. The number of carbonyl (C=O) groups is 1. The molecule has 0 bridgehead atoms. The van der Waals surface area contributed by atoms with Crippen LogP contribution in [0.4, 0.5) is 13.2 Å². The molecule has 5 heteroatoms. The lowest BCUT2D eigenvalue weighted by atomic mass is 10.2. The first-order valence-corrected chi connectivity index (χ1v) is 5.63. The molecular weight excluding hydrogens is 237 g/mol. The van der Waals surface area contributed by atoms with Crippen molar-refractivity contribution in [2.45, 2.75) is 18.0 Å². The van der Waals surface area contributed by atoms with Gasteiger partial charge in [0.15, 0.2) is 0 Å². The van der Waals surface area contributed by atoms with Gasteiger partial charge in [-0.1, -0.05) is 17.7 Å². The number of benzene rings is 1. The van der Waals surface area contributed by atoms with Crippen molar-refractivity contribution >= 4 is 18.0 Å². The van der Waals surface area contributed by atoms with Gasteiger partial charge in [0.05, 0.1) is 0 Å². The molecule has 1 rings (SSSR count). The number of rotatable bonds is 4. The van der Waals surface area contributed by atoms with E-state index >= 15 is 0 Å². The number of thioether (sulfide) groups is 1. The number of aldehydes is 1. The number of hydrogen-bond acceptors (Lipinski definition) is 2. The predicted octanol–water partition coefficient (Wildman–Crippen LogP) is 3.46. The Kier molecular flexibility index (Phi) is 4.41. The third kappa shape index (κ3) is 3.89. The van der Waals surface area contributed by atoms with E-state index in [-0.39, 0.29) is 12.0 Å². The molecule has 0 amide bonds. The Morgan fingerprint density at radius 1 is 1.31 bits per heavy atom. The second-order valence-corrected chi connectivity index (χ2v) is 4.50. The molecule has 1 aromatic carbocycles. The first-order chi connectivity index (χ1) is 7.43. The molecule has 0 saturated carbocycles. The molecule has 0 spiro atoms. The van der Waals surface area contributed by atoms with Gasteiger partial charge >= 0.3 is 6.18 Å². The van der Waals surface area contributed by atoms with Gasteiger partial charge in [-0.2, -0.15) is 13.2 Å². The van der Waals surface area contributed by atoms with E-state index in [9.17, 15) is 18.0 Å². The number of hydrogen-bond donors (Lipinski definition) is 0. The fourth-order valence-corrected chi connectivity index (χ4v) is 2.00. The largest absolute Gasteiger partial charge is 0.399 e. The number of carbonyl (C=O) groups excluding carboxylic acids is 1. The summed E-state index contributed by atoms with van der Waals surface area (Å²) in [5.74, 6) is -2.16. The van der Waals surface area contributed by atoms with Gasteiger partial charge in [-0.3, -0.25) is 0 Å². The van der Waals surface area contributed by atoms with E-state index in [1.165, 1.54) is 0 Å². The molecule has 0 heterocycles. The minimum atomic E-state index is -4.44. The molecule has 0 N–H and O–H groups in total. The lowest BCUT2D eigenvalue weighted by Crippen LogP contribution is -2.26. The minimum Gasteiger partial charge on any atom is -0.303 e. The average molecular weight is 248 g/mol. The molecule has 1 nitrogen and oxygen atoms in total. The zero-order chi connectivity index (χ0) is 12.2. The molecule has 88 valence electrons. The molecule has 0 aliphatic rings. The van der Waals surface area contributed by atoms with Crippen LogP contribution in [0.25, 0.3) is 0 Å². The van der Waals surface area contributed by atoms with E-state index in [2.05, 4.69) is 0 Å². The van der Waals surface area contributed by atoms with Gasteiger partial charge in [0, 0.05) is 10.6 Å². The molecule has 0 aliphatic heterocycles. The quantitative estimate of drug-likeness (QED) is 0.599. The summed E-state index contributed by atoms with van der Waals surface area (Å²) in [7, 11) is 0. The van der Waals surface area contributed by atoms with E-state index in [1.54, 1.807) is 12.1 Å². The smallest absolute Gasteiger partial charge is 0.303 e. The highest BCUT2D eigenvalue weighted by atomic mass is 32.2. The van der Waals surface area contributed by atoms with Gasteiger partial charge in [-0.25, -0.2) is 0 Å². The van der Waals surface area contributed by atoms with Crippen LogP contribution >= 0.6 is 11.8 Å². The summed E-state index contributed by atoms with van der Waals surface area (Å²) in [6, 6.07) is 7.15. The van der Waals surface area contributed by atoms with Crippen molar-refractivity contribution in [1.29, 1.82) is 0 Å². The SMILES string of the molecule is Cc1ccc(SC[C@H](C=O)C(F)(F)F)cc1. The molecule has 16 heavy (non-hydrogen) atoms. The highest BCUT2D eigenvalue weighted by Crippen LogP contribution is 2.30. The summed E-state index contributed by atoms with van der Waals surface area (Å²) < 4.78 is 36.7. The van der Waals surface area contributed by atoms with Gasteiger partial charge < -0.3 is 4.79 Å². The van der Waals surface area contributed by atoms with E-state index in [0.717, 1.165) is 22.2 Å². The Morgan fingerprint density at radius 3 is 2.31 bits per heavy atom. The third-order valence-electron chi connectivity index (χ3n) is 2.04.